The molecule has 0 spiro atoms. The molecule has 2 saturated heterocycles. The fourth-order valence-corrected chi connectivity index (χ4v) is 3.41. The van der Waals surface area contributed by atoms with Gasteiger partial charge in [-0.15, -0.1) is 0 Å². The largest absolute Gasteiger partial charge is 0.355 e. The van der Waals surface area contributed by atoms with Gasteiger partial charge in [0.25, 0.3) is 0 Å². The zero-order valence-corrected chi connectivity index (χ0v) is 12.0. The van der Waals surface area contributed by atoms with Crippen molar-refractivity contribution in [2.75, 3.05) is 32.7 Å². The summed E-state index contributed by atoms with van der Waals surface area (Å²) in [4.78, 5) is 14.3. The third-order valence-electron chi connectivity index (χ3n) is 4.70. The smallest absolute Gasteiger partial charge is 0.234 e. The first-order valence-electron chi connectivity index (χ1n) is 7.28. The molecule has 2 fully saturated rings. The highest BCUT2D eigenvalue weighted by Gasteiger charge is 2.49. The molecule has 104 valence electrons. The van der Waals surface area contributed by atoms with Crippen molar-refractivity contribution in [3.05, 3.63) is 0 Å². The highest BCUT2D eigenvalue weighted by atomic mass is 16.2. The molecule has 2 rings (SSSR count). The number of hydrogen-bond acceptors (Lipinski definition) is 3. The van der Waals surface area contributed by atoms with Gasteiger partial charge in [0.2, 0.25) is 5.91 Å². The zero-order valence-electron chi connectivity index (χ0n) is 12.0. The average Bonchev–Trinajstić information content (AvgIpc) is 2.84. The van der Waals surface area contributed by atoms with Crippen molar-refractivity contribution in [3.63, 3.8) is 0 Å². The SMILES string of the molecule is CCCCNC(=O)CN1CC2CNCC2C1(C)C. The predicted molar refractivity (Wildman–Crippen MR) is 73.4 cm³/mol. The van der Waals surface area contributed by atoms with E-state index in [9.17, 15) is 4.79 Å². The molecule has 0 aliphatic carbocycles. The minimum Gasteiger partial charge on any atom is -0.355 e. The summed E-state index contributed by atoms with van der Waals surface area (Å²) in [6.07, 6.45) is 2.20. The molecule has 0 radical (unpaired) electrons. The molecule has 18 heavy (non-hydrogen) atoms. The van der Waals surface area contributed by atoms with Crippen LogP contribution in [0, 0.1) is 11.8 Å². The second-order valence-electron chi connectivity index (χ2n) is 6.26. The van der Waals surface area contributed by atoms with Gasteiger partial charge in [-0.05, 0) is 38.6 Å². The Morgan fingerprint density at radius 2 is 2.22 bits per heavy atom. The molecule has 0 saturated carbocycles. The van der Waals surface area contributed by atoms with Gasteiger partial charge in [0.05, 0.1) is 6.54 Å². The number of carbonyl (C=O) groups excluding carboxylic acids is 1. The number of likely N-dealkylation sites (tertiary alicyclic amines) is 1. The first kappa shape index (κ1) is 13.8. The molecule has 4 nitrogen and oxygen atoms in total. The van der Waals surface area contributed by atoms with Gasteiger partial charge in [0.1, 0.15) is 0 Å². The lowest BCUT2D eigenvalue weighted by atomic mass is 9.85. The van der Waals surface area contributed by atoms with E-state index < -0.39 is 0 Å². The molecule has 1 amide bonds. The zero-order chi connectivity index (χ0) is 13.2. The highest BCUT2D eigenvalue weighted by molar-refractivity contribution is 5.78. The molecule has 2 unspecified atom stereocenters. The highest BCUT2D eigenvalue weighted by Crippen LogP contribution is 2.40. The van der Waals surface area contributed by atoms with Crippen molar-refractivity contribution in [1.82, 2.24) is 15.5 Å². The molecule has 0 aromatic heterocycles. The maximum Gasteiger partial charge on any atom is 0.234 e. The van der Waals surface area contributed by atoms with Gasteiger partial charge in [-0.1, -0.05) is 13.3 Å². The minimum absolute atomic E-state index is 0.149. The summed E-state index contributed by atoms with van der Waals surface area (Å²) in [6, 6.07) is 0. The van der Waals surface area contributed by atoms with E-state index in [1.807, 2.05) is 0 Å². The van der Waals surface area contributed by atoms with E-state index in [0.717, 1.165) is 44.9 Å². The van der Waals surface area contributed by atoms with Crippen LogP contribution in [0.1, 0.15) is 33.6 Å². The van der Waals surface area contributed by atoms with Gasteiger partial charge in [0.15, 0.2) is 0 Å². The number of fused-ring (bicyclic) bond motifs is 1. The van der Waals surface area contributed by atoms with Crippen LogP contribution in [0.2, 0.25) is 0 Å². The maximum absolute atomic E-state index is 11.9. The first-order valence-corrected chi connectivity index (χ1v) is 7.28. The minimum atomic E-state index is 0.149. The summed E-state index contributed by atoms with van der Waals surface area (Å²) < 4.78 is 0. The summed E-state index contributed by atoms with van der Waals surface area (Å²) in [5.41, 5.74) is 0.149. The summed E-state index contributed by atoms with van der Waals surface area (Å²) in [5, 5.41) is 6.49. The number of hydrogen-bond donors (Lipinski definition) is 2. The van der Waals surface area contributed by atoms with Crippen LogP contribution in [-0.2, 0) is 4.79 Å². The summed E-state index contributed by atoms with van der Waals surface area (Å²) in [7, 11) is 0. The van der Waals surface area contributed by atoms with Gasteiger partial charge in [-0.2, -0.15) is 0 Å². The number of amides is 1. The van der Waals surface area contributed by atoms with Crippen LogP contribution in [0.25, 0.3) is 0 Å². The molecule has 4 heteroatoms. The van der Waals surface area contributed by atoms with Gasteiger partial charge in [-0.3, -0.25) is 9.69 Å². The Kier molecular flexibility index (Phi) is 4.28. The summed E-state index contributed by atoms with van der Waals surface area (Å²) in [6.45, 7) is 11.4. The number of nitrogens with zero attached hydrogens (tertiary/aromatic N) is 1. The van der Waals surface area contributed by atoms with Crippen molar-refractivity contribution >= 4 is 5.91 Å². The van der Waals surface area contributed by atoms with Crippen LogP contribution in [0.15, 0.2) is 0 Å². The van der Waals surface area contributed by atoms with Crippen molar-refractivity contribution in [3.8, 4) is 0 Å². The van der Waals surface area contributed by atoms with Crippen LogP contribution in [0.4, 0.5) is 0 Å². The van der Waals surface area contributed by atoms with Gasteiger partial charge in [-0.25, -0.2) is 0 Å². The standard InChI is InChI=1S/C14H27N3O/c1-4-5-6-16-13(18)10-17-9-11-7-15-8-12(11)14(17,2)3/h11-12,15H,4-10H2,1-3H3,(H,16,18). The van der Waals surface area contributed by atoms with Crippen LogP contribution >= 0.6 is 0 Å². The summed E-state index contributed by atoms with van der Waals surface area (Å²) >= 11 is 0. The number of unbranched alkanes of at least 4 members (excludes halogenated alkanes) is 1. The van der Waals surface area contributed by atoms with E-state index in [1.54, 1.807) is 0 Å². The molecule has 2 N–H and O–H groups in total. The Balaban J connectivity index is 1.84. The third-order valence-corrected chi connectivity index (χ3v) is 4.70. The molecular formula is C14H27N3O. The molecule has 2 atom stereocenters. The average molecular weight is 253 g/mol. The molecule has 2 aliphatic heterocycles. The van der Waals surface area contributed by atoms with Crippen molar-refractivity contribution in [2.45, 2.75) is 39.2 Å². The Morgan fingerprint density at radius 3 is 2.89 bits per heavy atom. The number of rotatable bonds is 5. The van der Waals surface area contributed by atoms with Crippen molar-refractivity contribution < 1.29 is 4.79 Å². The fraction of sp³-hybridized carbons (Fsp3) is 0.929. The first-order chi connectivity index (χ1) is 8.55. The molecule has 2 aliphatic rings. The van der Waals surface area contributed by atoms with E-state index in [0.29, 0.717) is 12.5 Å². The lowest BCUT2D eigenvalue weighted by Crippen LogP contribution is -2.48. The normalized spacial score (nSPS) is 30.4. The van der Waals surface area contributed by atoms with Gasteiger partial charge < -0.3 is 10.6 Å². The molecule has 0 aromatic carbocycles. The Hall–Kier alpha value is -0.610. The topological polar surface area (TPSA) is 44.4 Å². The van der Waals surface area contributed by atoms with Crippen LogP contribution in [-0.4, -0.2) is 49.1 Å². The van der Waals surface area contributed by atoms with Crippen LogP contribution < -0.4 is 10.6 Å². The van der Waals surface area contributed by atoms with Crippen LogP contribution in [0.5, 0.6) is 0 Å². The van der Waals surface area contributed by atoms with Crippen LogP contribution in [0.3, 0.4) is 0 Å². The maximum atomic E-state index is 11.9. The monoisotopic (exact) mass is 253 g/mol. The Bertz CT molecular complexity index is 303. The van der Waals surface area contributed by atoms with E-state index in [2.05, 4.69) is 36.3 Å². The van der Waals surface area contributed by atoms with E-state index >= 15 is 0 Å². The van der Waals surface area contributed by atoms with Crippen molar-refractivity contribution in [1.29, 1.82) is 0 Å². The molecule has 0 aromatic rings. The van der Waals surface area contributed by atoms with E-state index in [-0.39, 0.29) is 11.4 Å². The third kappa shape index (κ3) is 2.69. The van der Waals surface area contributed by atoms with Gasteiger partial charge in [0, 0.05) is 25.2 Å². The molecule has 0 bridgehead atoms. The lowest BCUT2D eigenvalue weighted by Gasteiger charge is -2.35. The number of nitrogens with one attached hydrogen (secondary N) is 2. The Labute approximate surface area is 110 Å². The van der Waals surface area contributed by atoms with E-state index in [1.165, 1.54) is 0 Å². The second-order valence-corrected chi connectivity index (χ2v) is 6.26. The van der Waals surface area contributed by atoms with E-state index in [4.69, 9.17) is 0 Å². The van der Waals surface area contributed by atoms with Gasteiger partial charge >= 0.3 is 0 Å². The molecule has 2 heterocycles. The Morgan fingerprint density at radius 1 is 1.44 bits per heavy atom. The lowest BCUT2D eigenvalue weighted by molar-refractivity contribution is -0.123. The predicted octanol–water partition coefficient (Wildman–Crippen LogP) is 0.833. The second kappa shape index (κ2) is 5.57. The number of carbonyl (C=O) groups is 1. The summed E-state index contributed by atoms with van der Waals surface area (Å²) in [5.74, 6) is 1.61. The van der Waals surface area contributed by atoms with Crippen molar-refractivity contribution in [2.24, 2.45) is 11.8 Å². The molecular weight excluding hydrogens is 226 g/mol. The quantitative estimate of drug-likeness (QED) is 0.714. The fourth-order valence-electron chi connectivity index (χ4n) is 3.41.